The number of sulfonamides is 1. The monoisotopic (exact) mass is 424 g/mol. The van der Waals surface area contributed by atoms with E-state index in [0.29, 0.717) is 36.0 Å². The Bertz CT molecular complexity index is 1020. The van der Waals surface area contributed by atoms with Gasteiger partial charge >= 0.3 is 0 Å². The molecule has 1 amide bonds. The van der Waals surface area contributed by atoms with Crippen LogP contribution in [0.15, 0.2) is 41.3 Å². The first-order valence-electron chi connectivity index (χ1n) is 8.54. The van der Waals surface area contributed by atoms with Crippen LogP contribution >= 0.6 is 11.6 Å². The first kappa shape index (κ1) is 19.0. The molecule has 0 aliphatic carbocycles. The molecule has 0 radical (unpaired) electrons. The van der Waals surface area contributed by atoms with Crippen LogP contribution in [0.2, 0.25) is 5.02 Å². The molecule has 2 aromatic rings. The van der Waals surface area contributed by atoms with Crippen molar-refractivity contribution in [3.63, 3.8) is 0 Å². The first-order chi connectivity index (χ1) is 13.5. The highest BCUT2D eigenvalue weighted by Crippen LogP contribution is 2.36. The Morgan fingerprint density at radius 2 is 1.89 bits per heavy atom. The van der Waals surface area contributed by atoms with Gasteiger partial charge in [-0.1, -0.05) is 17.7 Å². The van der Waals surface area contributed by atoms with Crippen molar-refractivity contribution in [1.29, 1.82) is 0 Å². The molecule has 1 saturated heterocycles. The maximum atomic E-state index is 12.9. The summed E-state index contributed by atoms with van der Waals surface area (Å²) in [5, 5.41) is 2.77. The molecule has 1 fully saturated rings. The number of anilines is 1. The number of hydrogen-bond acceptors (Lipinski definition) is 6. The van der Waals surface area contributed by atoms with Crippen LogP contribution in [0.4, 0.5) is 5.69 Å². The summed E-state index contributed by atoms with van der Waals surface area (Å²) in [4.78, 5) is 12.6. The summed E-state index contributed by atoms with van der Waals surface area (Å²) in [7, 11) is -3.80. The van der Waals surface area contributed by atoms with E-state index in [0.717, 1.165) is 0 Å². The van der Waals surface area contributed by atoms with Crippen molar-refractivity contribution >= 4 is 33.2 Å². The quantitative estimate of drug-likeness (QED) is 0.809. The molecule has 28 heavy (non-hydrogen) atoms. The maximum Gasteiger partial charge on any atom is 0.259 e. The van der Waals surface area contributed by atoms with Gasteiger partial charge in [-0.15, -0.1) is 0 Å². The Labute approximate surface area is 167 Å². The fourth-order valence-electron chi connectivity index (χ4n) is 3.01. The van der Waals surface area contributed by atoms with Gasteiger partial charge in [0.05, 0.1) is 23.8 Å². The molecule has 2 heterocycles. The Morgan fingerprint density at radius 3 is 2.68 bits per heavy atom. The van der Waals surface area contributed by atoms with Gasteiger partial charge in [0.2, 0.25) is 16.8 Å². The summed E-state index contributed by atoms with van der Waals surface area (Å²) in [6, 6.07) is 9.32. The number of fused-ring (bicyclic) bond motifs is 1. The van der Waals surface area contributed by atoms with Crippen LogP contribution in [0.1, 0.15) is 10.4 Å². The molecule has 2 aromatic carbocycles. The fourth-order valence-corrected chi connectivity index (χ4v) is 4.92. The molecule has 0 aromatic heterocycles. The van der Waals surface area contributed by atoms with Gasteiger partial charge in [-0.25, -0.2) is 8.42 Å². The zero-order valence-corrected chi connectivity index (χ0v) is 16.3. The van der Waals surface area contributed by atoms with Crippen molar-refractivity contribution < 1.29 is 27.4 Å². The van der Waals surface area contributed by atoms with Gasteiger partial charge in [0, 0.05) is 18.8 Å². The lowest BCUT2D eigenvalue weighted by molar-refractivity contribution is 0.0730. The smallest absolute Gasteiger partial charge is 0.259 e. The number of hydrogen-bond donors (Lipinski definition) is 1. The molecule has 0 unspecified atom stereocenters. The van der Waals surface area contributed by atoms with Gasteiger partial charge in [-0.2, -0.15) is 4.31 Å². The summed E-state index contributed by atoms with van der Waals surface area (Å²) < 4.78 is 43.0. The SMILES string of the molecule is O=C(Nc1ccc(Cl)c(S(=O)(=O)N2CCOCC2)c1)c1cccc2c1OCO2. The van der Waals surface area contributed by atoms with E-state index in [4.69, 9.17) is 25.8 Å². The maximum absolute atomic E-state index is 12.9. The number of carbonyl (C=O) groups is 1. The summed E-state index contributed by atoms with van der Waals surface area (Å²) in [6.07, 6.45) is 0. The van der Waals surface area contributed by atoms with Crippen LogP contribution in [0.25, 0.3) is 0 Å². The van der Waals surface area contributed by atoms with Gasteiger partial charge in [-0.3, -0.25) is 4.79 Å². The average Bonchev–Trinajstić information content (AvgIpc) is 3.19. The topological polar surface area (TPSA) is 94.2 Å². The summed E-state index contributed by atoms with van der Waals surface area (Å²) >= 11 is 6.14. The second-order valence-corrected chi connectivity index (χ2v) is 8.47. The number of benzene rings is 2. The van der Waals surface area contributed by atoms with Crippen LogP contribution in [-0.2, 0) is 14.8 Å². The molecule has 0 saturated carbocycles. The van der Waals surface area contributed by atoms with Crippen molar-refractivity contribution in [3.05, 3.63) is 47.0 Å². The minimum Gasteiger partial charge on any atom is -0.454 e. The number of morpholine rings is 1. The van der Waals surface area contributed by atoms with Gasteiger partial charge in [-0.05, 0) is 30.3 Å². The number of rotatable bonds is 4. The van der Waals surface area contributed by atoms with Crippen molar-refractivity contribution in [2.24, 2.45) is 0 Å². The molecule has 148 valence electrons. The number of para-hydroxylation sites is 1. The zero-order valence-electron chi connectivity index (χ0n) is 14.7. The Balaban J connectivity index is 1.61. The number of nitrogens with zero attached hydrogens (tertiary/aromatic N) is 1. The Hall–Kier alpha value is -2.33. The molecule has 2 aliphatic heterocycles. The van der Waals surface area contributed by atoms with Crippen molar-refractivity contribution in [2.45, 2.75) is 4.90 Å². The Morgan fingerprint density at radius 1 is 1.11 bits per heavy atom. The van der Waals surface area contributed by atoms with Crippen LogP contribution in [0.5, 0.6) is 11.5 Å². The van der Waals surface area contributed by atoms with Crippen molar-refractivity contribution in [2.75, 3.05) is 38.4 Å². The number of ether oxygens (including phenoxy) is 3. The predicted octanol–water partition coefficient (Wildman–Crippen LogP) is 2.34. The summed E-state index contributed by atoms with van der Waals surface area (Å²) in [5.41, 5.74) is 0.597. The lowest BCUT2D eigenvalue weighted by Crippen LogP contribution is -2.40. The zero-order chi connectivity index (χ0) is 19.7. The van der Waals surface area contributed by atoms with Crippen LogP contribution in [0, 0.1) is 0 Å². The number of carbonyl (C=O) groups excluding carboxylic acids is 1. The lowest BCUT2D eigenvalue weighted by Gasteiger charge is -2.26. The molecule has 0 bridgehead atoms. The lowest BCUT2D eigenvalue weighted by atomic mass is 10.1. The molecule has 0 atom stereocenters. The van der Waals surface area contributed by atoms with E-state index in [1.54, 1.807) is 24.3 Å². The highest BCUT2D eigenvalue weighted by molar-refractivity contribution is 7.89. The molecule has 10 heteroatoms. The average molecular weight is 425 g/mol. The summed E-state index contributed by atoms with van der Waals surface area (Å²) in [6.45, 7) is 1.21. The summed E-state index contributed by atoms with van der Waals surface area (Å²) in [5.74, 6) is 0.397. The fraction of sp³-hybridized carbons (Fsp3) is 0.278. The number of amides is 1. The molecule has 1 N–H and O–H groups in total. The van der Waals surface area contributed by atoms with E-state index in [2.05, 4.69) is 5.32 Å². The van der Waals surface area contributed by atoms with E-state index >= 15 is 0 Å². The second kappa shape index (κ2) is 7.59. The first-order valence-corrected chi connectivity index (χ1v) is 10.4. The molecule has 0 spiro atoms. The Kier molecular flexibility index (Phi) is 5.15. The second-order valence-electron chi connectivity index (χ2n) is 6.16. The van der Waals surface area contributed by atoms with Crippen molar-refractivity contribution in [3.8, 4) is 11.5 Å². The normalized spacial score (nSPS) is 16.8. The van der Waals surface area contributed by atoms with Crippen LogP contribution in [0.3, 0.4) is 0 Å². The van der Waals surface area contributed by atoms with Crippen LogP contribution in [-0.4, -0.2) is 51.7 Å². The highest BCUT2D eigenvalue weighted by Gasteiger charge is 2.29. The van der Waals surface area contributed by atoms with Gasteiger partial charge in [0.1, 0.15) is 4.90 Å². The third-order valence-corrected chi connectivity index (χ3v) is 6.80. The largest absolute Gasteiger partial charge is 0.454 e. The van der Waals surface area contributed by atoms with Crippen LogP contribution < -0.4 is 14.8 Å². The van der Waals surface area contributed by atoms with E-state index in [1.165, 1.54) is 16.4 Å². The molecule has 2 aliphatic rings. The van der Waals surface area contributed by atoms with E-state index < -0.39 is 15.9 Å². The molecule has 4 rings (SSSR count). The number of nitrogens with one attached hydrogen (secondary N) is 1. The minimum atomic E-state index is -3.80. The number of halogens is 1. The van der Waals surface area contributed by atoms with Gasteiger partial charge in [0.25, 0.3) is 5.91 Å². The minimum absolute atomic E-state index is 0.0442. The predicted molar refractivity (Wildman–Crippen MR) is 102 cm³/mol. The van der Waals surface area contributed by atoms with E-state index in [9.17, 15) is 13.2 Å². The van der Waals surface area contributed by atoms with E-state index in [1.807, 2.05) is 0 Å². The third-order valence-electron chi connectivity index (χ3n) is 4.42. The van der Waals surface area contributed by atoms with Crippen molar-refractivity contribution in [1.82, 2.24) is 4.31 Å². The molecular weight excluding hydrogens is 408 g/mol. The molecular formula is C18H17ClN2O6S. The van der Waals surface area contributed by atoms with Gasteiger partial charge < -0.3 is 19.5 Å². The standard InChI is InChI=1S/C18H17ClN2O6S/c19-14-5-4-12(10-16(14)28(23,24)21-6-8-25-9-7-21)20-18(22)13-2-1-3-15-17(13)27-11-26-15/h1-5,10H,6-9,11H2,(H,20,22). The van der Waals surface area contributed by atoms with E-state index in [-0.39, 0.29) is 29.8 Å². The molecule has 8 nitrogen and oxygen atoms in total. The third kappa shape index (κ3) is 3.53. The highest BCUT2D eigenvalue weighted by atomic mass is 35.5. The van der Waals surface area contributed by atoms with Gasteiger partial charge in [0.15, 0.2) is 11.5 Å².